The van der Waals surface area contributed by atoms with Crippen molar-refractivity contribution in [3.8, 4) is 0 Å². The van der Waals surface area contributed by atoms with Gasteiger partial charge in [-0.05, 0) is 40.2 Å². The number of nitrogens with one attached hydrogen (secondary N) is 2. The zero-order chi connectivity index (χ0) is 15.8. The molecule has 0 unspecified atom stereocenters. The van der Waals surface area contributed by atoms with E-state index in [4.69, 9.17) is 4.42 Å². The van der Waals surface area contributed by atoms with Gasteiger partial charge in [0, 0.05) is 33.8 Å². The predicted octanol–water partition coefficient (Wildman–Crippen LogP) is 2.94. The Morgan fingerprint density at radius 1 is 1.36 bits per heavy atom. The molecule has 2 rings (SSSR count). The number of amides is 2. The van der Waals surface area contributed by atoms with Crippen molar-refractivity contribution >= 4 is 45.2 Å². The molecule has 0 aliphatic rings. The standard InChI is InChI=1S/C15H15BrN2O3S/c16-11-8-13(22-10-11)9-18-15(20)5-6-17-14(19)4-3-12-2-1-7-21-12/h1-4,7-8,10H,5-6,9H2,(H,17,19)(H,18,20)/b4-3+. The summed E-state index contributed by atoms with van der Waals surface area (Å²) in [6.07, 6.45) is 4.73. The molecule has 0 bridgehead atoms. The lowest BCUT2D eigenvalue weighted by Gasteiger charge is -2.04. The number of furan rings is 1. The number of thiophene rings is 1. The molecule has 0 aromatic carbocycles. The summed E-state index contributed by atoms with van der Waals surface area (Å²) in [4.78, 5) is 24.2. The number of carbonyl (C=O) groups excluding carboxylic acids is 2. The Bertz CT molecular complexity index is 650. The zero-order valence-corrected chi connectivity index (χ0v) is 14.1. The Kier molecular flexibility index (Phi) is 6.42. The fraction of sp³-hybridized carbons (Fsp3) is 0.200. The molecule has 2 aromatic rings. The van der Waals surface area contributed by atoms with E-state index in [1.807, 2.05) is 11.4 Å². The monoisotopic (exact) mass is 382 g/mol. The highest BCUT2D eigenvalue weighted by Crippen LogP contribution is 2.19. The van der Waals surface area contributed by atoms with E-state index in [1.54, 1.807) is 29.5 Å². The van der Waals surface area contributed by atoms with Gasteiger partial charge < -0.3 is 15.1 Å². The summed E-state index contributed by atoms with van der Waals surface area (Å²) in [5.41, 5.74) is 0. The number of hydrogen-bond acceptors (Lipinski definition) is 4. The van der Waals surface area contributed by atoms with Crippen molar-refractivity contribution in [1.82, 2.24) is 10.6 Å². The summed E-state index contributed by atoms with van der Waals surface area (Å²) in [7, 11) is 0. The molecule has 5 nitrogen and oxygen atoms in total. The molecule has 2 heterocycles. The van der Waals surface area contributed by atoms with Gasteiger partial charge in [-0.3, -0.25) is 9.59 Å². The van der Waals surface area contributed by atoms with Gasteiger partial charge in [0.1, 0.15) is 5.76 Å². The van der Waals surface area contributed by atoms with Crippen molar-refractivity contribution in [3.05, 3.63) is 51.0 Å². The third kappa shape index (κ3) is 5.87. The Balaban J connectivity index is 1.61. The molecule has 116 valence electrons. The van der Waals surface area contributed by atoms with Crippen LogP contribution in [0.2, 0.25) is 0 Å². The number of halogens is 1. The van der Waals surface area contributed by atoms with E-state index in [0.717, 1.165) is 9.35 Å². The quantitative estimate of drug-likeness (QED) is 0.723. The van der Waals surface area contributed by atoms with E-state index in [9.17, 15) is 9.59 Å². The maximum absolute atomic E-state index is 11.6. The maximum Gasteiger partial charge on any atom is 0.244 e. The number of rotatable bonds is 7. The third-order valence-electron chi connectivity index (χ3n) is 2.67. The fourth-order valence-corrected chi connectivity index (χ4v) is 3.01. The second-order valence-corrected chi connectivity index (χ2v) is 6.31. The van der Waals surface area contributed by atoms with E-state index in [2.05, 4.69) is 26.6 Å². The first-order valence-electron chi connectivity index (χ1n) is 6.62. The summed E-state index contributed by atoms with van der Waals surface area (Å²) in [5, 5.41) is 7.42. The molecule has 2 N–H and O–H groups in total. The van der Waals surface area contributed by atoms with Crippen molar-refractivity contribution in [2.45, 2.75) is 13.0 Å². The van der Waals surface area contributed by atoms with Gasteiger partial charge in [0.15, 0.2) is 0 Å². The second-order valence-electron chi connectivity index (χ2n) is 4.40. The SMILES string of the molecule is O=C(/C=C/c1ccco1)NCCC(=O)NCc1cc(Br)cs1. The van der Waals surface area contributed by atoms with Gasteiger partial charge in [-0.25, -0.2) is 0 Å². The summed E-state index contributed by atoms with van der Waals surface area (Å²) >= 11 is 4.94. The first kappa shape index (κ1) is 16.5. The molecular weight excluding hydrogens is 368 g/mol. The smallest absolute Gasteiger partial charge is 0.244 e. The van der Waals surface area contributed by atoms with E-state index in [1.165, 1.54) is 12.3 Å². The van der Waals surface area contributed by atoms with Crippen LogP contribution in [0, 0.1) is 0 Å². The van der Waals surface area contributed by atoms with Crippen LogP contribution in [0.1, 0.15) is 17.1 Å². The number of hydrogen-bond donors (Lipinski definition) is 2. The number of carbonyl (C=O) groups is 2. The van der Waals surface area contributed by atoms with Gasteiger partial charge in [-0.1, -0.05) is 0 Å². The van der Waals surface area contributed by atoms with E-state index in [-0.39, 0.29) is 18.2 Å². The molecule has 0 fully saturated rings. The second kappa shape index (κ2) is 8.55. The van der Waals surface area contributed by atoms with Gasteiger partial charge in [-0.2, -0.15) is 0 Å². The van der Waals surface area contributed by atoms with Crippen LogP contribution in [0.15, 0.2) is 44.8 Å². The van der Waals surface area contributed by atoms with Crippen molar-refractivity contribution in [2.24, 2.45) is 0 Å². The third-order valence-corrected chi connectivity index (χ3v) is 4.37. The Morgan fingerprint density at radius 3 is 2.91 bits per heavy atom. The first-order chi connectivity index (χ1) is 10.6. The van der Waals surface area contributed by atoms with E-state index in [0.29, 0.717) is 18.8 Å². The average molecular weight is 383 g/mol. The van der Waals surface area contributed by atoms with Crippen molar-refractivity contribution < 1.29 is 14.0 Å². The van der Waals surface area contributed by atoms with Crippen LogP contribution in [-0.2, 0) is 16.1 Å². The minimum Gasteiger partial charge on any atom is -0.465 e. The van der Waals surface area contributed by atoms with E-state index >= 15 is 0 Å². The average Bonchev–Trinajstić information content (AvgIpc) is 3.14. The molecule has 0 aliphatic carbocycles. The molecule has 7 heteroatoms. The Labute approximate surface area is 140 Å². The Hall–Kier alpha value is -1.86. The van der Waals surface area contributed by atoms with Gasteiger partial charge in [0.2, 0.25) is 11.8 Å². The molecule has 0 radical (unpaired) electrons. The zero-order valence-electron chi connectivity index (χ0n) is 11.7. The summed E-state index contributed by atoms with van der Waals surface area (Å²) in [6.45, 7) is 0.794. The van der Waals surface area contributed by atoms with Gasteiger partial charge in [0.25, 0.3) is 0 Å². The minimum atomic E-state index is -0.258. The van der Waals surface area contributed by atoms with Crippen LogP contribution in [0.3, 0.4) is 0 Å². The molecule has 0 spiro atoms. The lowest BCUT2D eigenvalue weighted by Crippen LogP contribution is -2.29. The van der Waals surface area contributed by atoms with Crippen LogP contribution >= 0.6 is 27.3 Å². The lowest BCUT2D eigenvalue weighted by atomic mass is 10.3. The van der Waals surface area contributed by atoms with Gasteiger partial charge >= 0.3 is 0 Å². The van der Waals surface area contributed by atoms with Crippen molar-refractivity contribution in [1.29, 1.82) is 0 Å². The minimum absolute atomic E-state index is 0.0974. The van der Waals surface area contributed by atoms with Crippen LogP contribution < -0.4 is 10.6 Å². The maximum atomic E-state index is 11.6. The molecular formula is C15H15BrN2O3S. The topological polar surface area (TPSA) is 71.3 Å². The molecule has 0 saturated heterocycles. The molecule has 22 heavy (non-hydrogen) atoms. The lowest BCUT2D eigenvalue weighted by molar-refractivity contribution is -0.121. The Morgan fingerprint density at radius 2 is 2.23 bits per heavy atom. The molecule has 2 aromatic heterocycles. The van der Waals surface area contributed by atoms with Crippen LogP contribution in [-0.4, -0.2) is 18.4 Å². The van der Waals surface area contributed by atoms with Gasteiger partial charge in [-0.15, -0.1) is 11.3 Å². The van der Waals surface area contributed by atoms with Crippen LogP contribution in [0.25, 0.3) is 6.08 Å². The van der Waals surface area contributed by atoms with Crippen LogP contribution in [0.5, 0.6) is 0 Å². The van der Waals surface area contributed by atoms with Crippen molar-refractivity contribution in [3.63, 3.8) is 0 Å². The highest BCUT2D eigenvalue weighted by molar-refractivity contribution is 9.10. The molecule has 2 amide bonds. The highest BCUT2D eigenvalue weighted by Gasteiger charge is 2.04. The summed E-state index contributed by atoms with van der Waals surface area (Å²) in [5.74, 6) is 0.251. The molecule has 0 aliphatic heterocycles. The normalized spacial score (nSPS) is 10.8. The largest absolute Gasteiger partial charge is 0.465 e. The van der Waals surface area contributed by atoms with Crippen LogP contribution in [0.4, 0.5) is 0 Å². The molecule has 0 saturated carbocycles. The fourth-order valence-electron chi connectivity index (χ4n) is 1.62. The molecule has 0 atom stereocenters. The summed E-state index contributed by atoms with van der Waals surface area (Å²) < 4.78 is 6.08. The van der Waals surface area contributed by atoms with Crippen molar-refractivity contribution in [2.75, 3.05) is 6.54 Å². The predicted molar refractivity (Wildman–Crippen MR) is 89.2 cm³/mol. The summed E-state index contributed by atoms with van der Waals surface area (Å²) in [6, 6.07) is 5.46. The highest BCUT2D eigenvalue weighted by atomic mass is 79.9. The first-order valence-corrected chi connectivity index (χ1v) is 8.30. The van der Waals surface area contributed by atoms with E-state index < -0.39 is 0 Å². The van der Waals surface area contributed by atoms with Gasteiger partial charge in [0.05, 0.1) is 12.8 Å².